The molecule has 9 nitrogen and oxygen atoms in total. The van der Waals surface area contributed by atoms with Gasteiger partial charge in [-0.2, -0.15) is 0 Å². The van der Waals surface area contributed by atoms with Crippen molar-refractivity contribution in [2.45, 2.75) is 20.0 Å². The number of carbonyl (C=O) groups excluding carboxylic acids is 2. The third kappa shape index (κ3) is 4.20. The van der Waals surface area contributed by atoms with Gasteiger partial charge < -0.3 is 19.5 Å². The molecule has 2 aromatic rings. The van der Waals surface area contributed by atoms with Crippen LogP contribution in [-0.2, 0) is 9.53 Å². The predicted molar refractivity (Wildman–Crippen MR) is 98.8 cm³/mol. The fourth-order valence-corrected chi connectivity index (χ4v) is 2.58. The van der Waals surface area contributed by atoms with Gasteiger partial charge in [0, 0.05) is 23.4 Å². The van der Waals surface area contributed by atoms with E-state index < -0.39 is 22.9 Å². The van der Waals surface area contributed by atoms with Crippen LogP contribution in [0.2, 0.25) is 0 Å². The van der Waals surface area contributed by atoms with E-state index in [1.165, 1.54) is 19.1 Å². The van der Waals surface area contributed by atoms with Gasteiger partial charge in [-0.15, -0.1) is 0 Å². The molecule has 0 bridgehead atoms. The average Bonchev–Trinajstić information content (AvgIpc) is 2.67. The topological polar surface area (TPSA) is 117 Å². The molecule has 0 saturated carbocycles. The lowest BCUT2D eigenvalue weighted by molar-refractivity contribution is -0.385. The Bertz CT molecular complexity index is 942. The molecule has 1 aliphatic heterocycles. The summed E-state index contributed by atoms with van der Waals surface area (Å²) in [6.45, 7) is 3.86. The lowest BCUT2D eigenvalue weighted by Crippen LogP contribution is -2.30. The van der Waals surface area contributed by atoms with E-state index in [0.717, 1.165) is 6.07 Å². The smallest absolute Gasteiger partial charge is 0.339 e. The predicted octanol–water partition coefficient (Wildman–Crippen LogP) is 2.86. The van der Waals surface area contributed by atoms with E-state index in [-0.39, 0.29) is 11.3 Å². The summed E-state index contributed by atoms with van der Waals surface area (Å²) in [5, 5.41) is 13.6. The first-order valence-electron chi connectivity index (χ1n) is 8.51. The highest BCUT2D eigenvalue weighted by Gasteiger charge is 2.22. The van der Waals surface area contributed by atoms with Crippen molar-refractivity contribution in [3.8, 4) is 11.5 Å². The number of ether oxygens (including phenoxy) is 3. The molecule has 1 aliphatic rings. The van der Waals surface area contributed by atoms with E-state index in [1.807, 2.05) is 0 Å². The van der Waals surface area contributed by atoms with Crippen LogP contribution in [0.25, 0.3) is 0 Å². The summed E-state index contributed by atoms with van der Waals surface area (Å²) in [6.07, 6.45) is -1.11. The summed E-state index contributed by atoms with van der Waals surface area (Å²) in [5.41, 5.74) is 0.688. The van der Waals surface area contributed by atoms with Crippen molar-refractivity contribution >= 4 is 23.3 Å². The van der Waals surface area contributed by atoms with Crippen LogP contribution in [0.4, 0.5) is 11.4 Å². The van der Waals surface area contributed by atoms with Crippen LogP contribution in [0.3, 0.4) is 0 Å². The molecular formula is C19H18N2O7. The van der Waals surface area contributed by atoms with Gasteiger partial charge in [0.05, 0.1) is 10.5 Å². The Labute approximate surface area is 160 Å². The van der Waals surface area contributed by atoms with E-state index in [1.54, 1.807) is 25.1 Å². The molecule has 0 aliphatic carbocycles. The lowest BCUT2D eigenvalue weighted by atomic mass is 10.1. The molecular weight excluding hydrogens is 368 g/mol. The Balaban J connectivity index is 1.65. The number of rotatable bonds is 5. The molecule has 0 aromatic heterocycles. The Morgan fingerprint density at radius 3 is 2.57 bits per heavy atom. The summed E-state index contributed by atoms with van der Waals surface area (Å²) >= 11 is 0. The number of hydrogen-bond donors (Lipinski definition) is 1. The second-order valence-electron chi connectivity index (χ2n) is 6.15. The van der Waals surface area contributed by atoms with Gasteiger partial charge in [0.1, 0.15) is 13.2 Å². The number of carbonyl (C=O) groups is 2. The minimum Gasteiger partial charge on any atom is -0.486 e. The van der Waals surface area contributed by atoms with Crippen LogP contribution < -0.4 is 14.8 Å². The molecule has 0 saturated heterocycles. The van der Waals surface area contributed by atoms with Crippen molar-refractivity contribution < 1.29 is 28.7 Å². The summed E-state index contributed by atoms with van der Waals surface area (Å²) in [7, 11) is 0. The number of nitrogens with zero attached hydrogens (tertiary/aromatic N) is 1. The summed E-state index contributed by atoms with van der Waals surface area (Å²) in [4.78, 5) is 35.0. The maximum atomic E-state index is 12.3. The third-order valence-electron chi connectivity index (χ3n) is 4.10. The summed E-state index contributed by atoms with van der Waals surface area (Å²) in [6, 6.07) is 8.92. The fourth-order valence-electron chi connectivity index (χ4n) is 2.58. The maximum absolute atomic E-state index is 12.3. The second-order valence-corrected chi connectivity index (χ2v) is 6.15. The van der Waals surface area contributed by atoms with Gasteiger partial charge in [-0.1, -0.05) is 6.07 Å². The molecule has 0 fully saturated rings. The molecule has 0 radical (unpaired) electrons. The number of nitro groups is 1. The molecule has 1 N–H and O–H groups in total. The van der Waals surface area contributed by atoms with E-state index in [2.05, 4.69) is 5.32 Å². The SMILES string of the molecule is Cc1ccc(C(=O)OC(C)C(=O)Nc2ccc3c(c2)OCCO3)cc1[N+](=O)[O-]. The Hall–Kier alpha value is -3.62. The first-order chi connectivity index (χ1) is 13.3. The molecule has 1 heterocycles. The summed E-state index contributed by atoms with van der Waals surface area (Å²) < 4.78 is 16.0. The molecule has 1 atom stereocenters. The molecule has 28 heavy (non-hydrogen) atoms. The zero-order valence-corrected chi connectivity index (χ0v) is 15.3. The number of esters is 1. The summed E-state index contributed by atoms with van der Waals surface area (Å²) in [5.74, 6) is -0.273. The van der Waals surface area contributed by atoms with E-state index in [0.29, 0.717) is 36.0 Å². The van der Waals surface area contributed by atoms with Gasteiger partial charge in [-0.25, -0.2) is 4.79 Å². The van der Waals surface area contributed by atoms with Crippen LogP contribution in [0, 0.1) is 17.0 Å². The largest absolute Gasteiger partial charge is 0.486 e. The van der Waals surface area contributed by atoms with Crippen molar-refractivity contribution in [3.05, 3.63) is 57.6 Å². The van der Waals surface area contributed by atoms with Crippen molar-refractivity contribution in [3.63, 3.8) is 0 Å². The van der Waals surface area contributed by atoms with Crippen LogP contribution >= 0.6 is 0 Å². The maximum Gasteiger partial charge on any atom is 0.339 e. The molecule has 146 valence electrons. The minimum atomic E-state index is -1.11. The number of aryl methyl sites for hydroxylation is 1. The van der Waals surface area contributed by atoms with Crippen LogP contribution in [0.1, 0.15) is 22.8 Å². The van der Waals surface area contributed by atoms with Crippen molar-refractivity contribution in [2.24, 2.45) is 0 Å². The molecule has 9 heteroatoms. The van der Waals surface area contributed by atoms with Gasteiger partial charge in [-0.3, -0.25) is 14.9 Å². The first kappa shape index (κ1) is 19.2. The average molecular weight is 386 g/mol. The normalized spacial score (nSPS) is 13.4. The number of hydrogen-bond acceptors (Lipinski definition) is 7. The Kier molecular flexibility index (Phi) is 5.44. The van der Waals surface area contributed by atoms with Gasteiger partial charge in [0.2, 0.25) is 0 Å². The van der Waals surface area contributed by atoms with Crippen LogP contribution in [-0.4, -0.2) is 36.1 Å². The minimum absolute atomic E-state index is 0.00344. The molecule has 3 rings (SSSR count). The highest BCUT2D eigenvalue weighted by atomic mass is 16.6. The third-order valence-corrected chi connectivity index (χ3v) is 4.10. The Morgan fingerprint density at radius 1 is 1.14 bits per heavy atom. The van der Waals surface area contributed by atoms with Crippen molar-refractivity contribution in [1.82, 2.24) is 0 Å². The molecule has 1 amide bonds. The van der Waals surface area contributed by atoms with Gasteiger partial charge in [0.25, 0.3) is 11.6 Å². The monoisotopic (exact) mass is 386 g/mol. The van der Waals surface area contributed by atoms with E-state index >= 15 is 0 Å². The van der Waals surface area contributed by atoms with Gasteiger partial charge in [0.15, 0.2) is 17.6 Å². The lowest BCUT2D eigenvalue weighted by Gasteiger charge is -2.19. The fraction of sp³-hybridized carbons (Fsp3) is 0.263. The molecule has 1 unspecified atom stereocenters. The van der Waals surface area contributed by atoms with E-state index in [9.17, 15) is 19.7 Å². The van der Waals surface area contributed by atoms with Crippen LogP contribution in [0.15, 0.2) is 36.4 Å². The number of nitrogens with one attached hydrogen (secondary N) is 1. The van der Waals surface area contributed by atoms with Gasteiger partial charge >= 0.3 is 5.97 Å². The highest BCUT2D eigenvalue weighted by molar-refractivity contribution is 5.97. The number of nitro benzene ring substituents is 1. The highest BCUT2D eigenvalue weighted by Crippen LogP contribution is 2.32. The zero-order valence-electron chi connectivity index (χ0n) is 15.3. The first-order valence-corrected chi connectivity index (χ1v) is 8.51. The standard InChI is InChI=1S/C19H18N2O7/c1-11-3-4-13(9-15(11)21(24)25)19(23)28-12(2)18(22)20-14-5-6-16-17(10-14)27-8-7-26-16/h3-6,9-10,12H,7-8H2,1-2H3,(H,20,22). The number of benzene rings is 2. The number of anilines is 1. The Morgan fingerprint density at radius 2 is 1.86 bits per heavy atom. The quantitative estimate of drug-likeness (QED) is 0.477. The zero-order chi connectivity index (χ0) is 20.3. The van der Waals surface area contributed by atoms with E-state index in [4.69, 9.17) is 14.2 Å². The van der Waals surface area contributed by atoms with Crippen molar-refractivity contribution in [2.75, 3.05) is 18.5 Å². The van der Waals surface area contributed by atoms with Crippen LogP contribution in [0.5, 0.6) is 11.5 Å². The number of amides is 1. The molecule has 0 spiro atoms. The van der Waals surface area contributed by atoms with Gasteiger partial charge in [-0.05, 0) is 32.0 Å². The van der Waals surface area contributed by atoms with Crippen molar-refractivity contribution in [1.29, 1.82) is 0 Å². The second kappa shape index (κ2) is 7.95. The molecule has 2 aromatic carbocycles. The number of fused-ring (bicyclic) bond motifs is 1.